The van der Waals surface area contributed by atoms with Crippen molar-refractivity contribution < 1.29 is 0 Å². The van der Waals surface area contributed by atoms with Gasteiger partial charge >= 0.3 is 0 Å². The van der Waals surface area contributed by atoms with Crippen molar-refractivity contribution in [2.45, 2.75) is 0 Å². The third-order valence-electron chi connectivity index (χ3n) is 7.26. The van der Waals surface area contributed by atoms with Crippen LogP contribution in [0.4, 0.5) is 0 Å². The third-order valence-corrected chi connectivity index (χ3v) is 7.48. The zero-order valence-corrected chi connectivity index (χ0v) is 20.9. The van der Waals surface area contributed by atoms with Crippen LogP contribution in [0.3, 0.4) is 0 Å². The molecule has 0 amide bonds. The van der Waals surface area contributed by atoms with Crippen LogP contribution in [-0.4, -0.2) is 0 Å². The average molecular weight is 491 g/mol. The molecule has 0 saturated heterocycles. The van der Waals surface area contributed by atoms with Crippen molar-refractivity contribution >= 4 is 43.9 Å². The number of fused-ring (bicyclic) bond motifs is 3. The molecule has 0 heterocycles. The maximum Gasteiger partial charge on any atom is 0.0418 e. The molecule has 7 aromatic rings. The summed E-state index contributed by atoms with van der Waals surface area (Å²) in [6.07, 6.45) is 0. The molecule has 0 aromatic heterocycles. The van der Waals surface area contributed by atoms with Crippen LogP contribution in [0.5, 0.6) is 0 Å². The molecule has 0 spiro atoms. The predicted molar refractivity (Wildman–Crippen MR) is 160 cm³/mol. The number of hydrogen-bond acceptors (Lipinski definition) is 0. The Hall–Kier alpha value is -4.39. The maximum absolute atomic E-state index is 6.80. The van der Waals surface area contributed by atoms with E-state index in [1.165, 1.54) is 49.0 Å². The summed E-state index contributed by atoms with van der Waals surface area (Å²) in [5.74, 6) is 0. The lowest BCUT2D eigenvalue weighted by Crippen LogP contribution is -1.91. The van der Waals surface area contributed by atoms with Gasteiger partial charge in [0, 0.05) is 5.02 Å². The lowest BCUT2D eigenvalue weighted by Gasteiger charge is -2.18. The Labute approximate surface area is 221 Å². The van der Waals surface area contributed by atoms with E-state index in [9.17, 15) is 0 Å². The summed E-state index contributed by atoms with van der Waals surface area (Å²) in [4.78, 5) is 0. The zero-order valence-electron chi connectivity index (χ0n) is 20.2. The summed E-state index contributed by atoms with van der Waals surface area (Å²) in [5, 5.41) is 8.15. The second-order valence-corrected chi connectivity index (χ2v) is 9.93. The molecule has 0 aliphatic rings. The van der Waals surface area contributed by atoms with Crippen LogP contribution in [0.15, 0.2) is 140 Å². The lowest BCUT2D eigenvalue weighted by molar-refractivity contribution is 1.62. The Kier molecular flexibility index (Phi) is 5.27. The van der Waals surface area contributed by atoms with Crippen LogP contribution >= 0.6 is 11.6 Å². The molecule has 0 aliphatic heterocycles. The first-order valence-electron chi connectivity index (χ1n) is 12.6. The van der Waals surface area contributed by atoms with Gasteiger partial charge in [-0.25, -0.2) is 0 Å². The highest BCUT2D eigenvalue weighted by molar-refractivity contribution is 6.31. The van der Waals surface area contributed by atoms with Gasteiger partial charge in [-0.15, -0.1) is 0 Å². The Morgan fingerprint density at radius 2 is 0.838 bits per heavy atom. The van der Waals surface area contributed by atoms with Gasteiger partial charge in [0.15, 0.2) is 0 Å². The SMILES string of the molecule is Clc1cc(-c2ccc3ccccc3c2)cc(-c2c3ccccc3c(-c3ccccc3)c3ccccc23)c1. The van der Waals surface area contributed by atoms with Crippen molar-refractivity contribution in [2.75, 3.05) is 0 Å². The second-order valence-electron chi connectivity index (χ2n) is 9.50. The molecule has 0 bridgehead atoms. The number of rotatable bonds is 3. The first kappa shape index (κ1) is 21.9. The fourth-order valence-electron chi connectivity index (χ4n) is 5.62. The summed E-state index contributed by atoms with van der Waals surface area (Å²) in [5.41, 5.74) is 7.13. The predicted octanol–water partition coefficient (Wildman–Crippen LogP) is 10.8. The first-order valence-corrected chi connectivity index (χ1v) is 12.9. The number of halogens is 1. The Morgan fingerprint density at radius 1 is 0.324 bits per heavy atom. The minimum atomic E-state index is 0.737. The van der Waals surface area contributed by atoms with Crippen molar-refractivity contribution in [1.82, 2.24) is 0 Å². The molecular formula is C36H23Cl. The number of hydrogen-bond donors (Lipinski definition) is 0. The van der Waals surface area contributed by atoms with E-state index in [0.29, 0.717) is 0 Å². The molecule has 0 N–H and O–H groups in total. The van der Waals surface area contributed by atoms with Gasteiger partial charge in [-0.05, 0) is 90.0 Å². The normalized spacial score (nSPS) is 11.4. The van der Waals surface area contributed by atoms with Gasteiger partial charge in [0.05, 0.1) is 0 Å². The zero-order chi connectivity index (χ0) is 24.8. The van der Waals surface area contributed by atoms with Crippen LogP contribution in [0.25, 0.3) is 65.7 Å². The summed E-state index contributed by atoms with van der Waals surface area (Å²) >= 11 is 6.80. The van der Waals surface area contributed by atoms with E-state index < -0.39 is 0 Å². The lowest BCUT2D eigenvalue weighted by atomic mass is 9.85. The molecule has 0 atom stereocenters. The Bertz CT molecular complexity index is 1880. The van der Waals surface area contributed by atoms with Crippen molar-refractivity contribution in [1.29, 1.82) is 0 Å². The molecule has 174 valence electrons. The topological polar surface area (TPSA) is 0 Å². The highest BCUT2D eigenvalue weighted by Crippen LogP contribution is 2.44. The minimum Gasteiger partial charge on any atom is -0.0843 e. The van der Waals surface area contributed by atoms with E-state index in [1.807, 2.05) is 0 Å². The van der Waals surface area contributed by atoms with Gasteiger partial charge in [-0.2, -0.15) is 0 Å². The molecule has 1 heteroatoms. The maximum atomic E-state index is 6.80. The van der Waals surface area contributed by atoms with Gasteiger partial charge in [-0.1, -0.05) is 127 Å². The monoisotopic (exact) mass is 490 g/mol. The van der Waals surface area contributed by atoms with Gasteiger partial charge < -0.3 is 0 Å². The van der Waals surface area contributed by atoms with E-state index in [2.05, 4.69) is 140 Å². The summed E-state index contributed by atoms with van der Waals surface area (Å²) in [6, 6.07) is 49.7. The van der Waals surface area contributed by atoms with Crippen molar-refractivity contribution in [3.8, 4) is 33.4 Å². The smallest absolute Gasteiger partial charge is 0.0418 e. The van der Waals surface area contributed by atoms with Crippen LogP contribution < -0.4 is 0 Å². The van der Waals surface area contributed by atoms with Gasteiger partial charge in [-0.3, -0.25) is 0 Å². The standard InChI is InChI=1S/C36H23Cl/c37-30-22-28(27-19-18-24-10-4-5-13-26(24)20-27)21-29(23-30)36-33-16-8-6-14-31(33)35(25-11-2-1-3-12-25)32-15-7-9-17-34(32)36/h1-23H. The fourth-order valence-corrected chi connectivity index (χ4v) is 5.86. The van der Waals surface area contributed by atoms with E-state index in [0.717, 1.165) is 21.7 Å². The van der Waals surface area contributed by atoms with Crippen LogP contribution in [-0.2, 0) is 0 Å². The highest BCUT2D eigenvalue weighted by Gasteiger charge is 2.17. The fraction of sp³-hybridized carbons (Fsp3) is 0. The van der Waals surface area contributed by atoms with Gasteiger partial charge in [0.25, 0.3) is 0 Å². The van der Waals surface area contributed by atoms with E-state index in [4.69, 9.17) is 11.6 Å². The van der Waals surface area contributed by atoms with Crippen molar-refractivity contribution in [3.63, 3.8) is 0 Å². The van der Waals surface area contributed by atoms with E-state index >= 15 is 0 Å². The molecular weight excluding hydrogens is 468 g/mol. The third kappa shape index (κ3) is 3.78. The molecule has 7 aromatic carbocycles. The van der Waals surface area contributed by atoms with Gasteiger partial charge in [0.1, 0.15) is 0 Å². The molecule has 0 nitrogen and oxygen atoms in total. The van der Waals surface area contributed by atoms with Gasteiger partial charge in [0.2, 0.25) is 0 Å². The second kappa shape index (κ2) is 8.92. The van der Waals surface area contributed by atoms with Crippen LogP contribution in [0, 0.1) is 0 Å². The molecule has 0 saturated carbocycles. The van der Waals surface area contributed by atoms with Crippen molar-refractivity contribution in [2.24, 2.45) is 0 Å². The molecule has 37 heavy (non-hydrogen) atoms. The molecule has 7 rings (SSSR count). The summed E-state index contributed by atoms with van der Waals surface area (Å²) < 4.78 is 0. The molecule has 0 radical (unpaired) electrons. The highest BCUT2D eigenvalue weighted by atomic mass is 35.5. The summed E-state index contributed by atoms with van der Waals surface area (Å²) in [6.45, 7) is 0. The Balaban J connectivity index is 1.53. The van der Waals surface area contributed by atoms with Crippen LogP contribution in [0.1, 0.15) is 0 Å². The van der Waals surface area contributed by atoms with E-state index in [1.54, 1.807) is 0 Å². The first-order chi connectivity index (χ1) is 18.3. The van der Waals surface area contributed by atoms with E-state index in [-0.39, 0.29) is 0 Å². The quantitative estimate of drug-likeness (QED) is 0.216. The van der Waals surface area contributed by atoms with Crippen molar-refractivity contribution in [3.05, 3.63) is 145 Å². The average Bonchev–Trinajstić information content (AvgIpc) is 2.95. The molecule has 0 unspecified atom stereocenters. The summed E-state index contributed by atoms with van der Waals surface area (Å²) in [7, 11) is 0. The minimum absolute atomic E-state index is 0.737. The van der Waals surface area contributed by atoms with Crippen LogP contribution in [0.2, 0.25) is 5.02 Å². The molecule has 0 fully saturated rings. The Morgan fingerprint density at radius 3 is 1.49 bits per heavy atom. The molecule has 0 aliphatic carbocycles. The largest absolute Gasteiger partial charge is 0.0843 e. The number of benzene rings is 7.